The first-order chi connectivity index (χ1) is 11.4. The number of methoxy groups -OCH3 is 1. The molecule has 1 atom stereocenters. The number of carbonyl (C=O) groups is 1. The van der Waals surface area contributed by atoms with Gasteiger partial charge in [0.25, 0.3) is 5.91 Å². The van der Waals surface area contributed by atoms with E-state index in [2.05, 4.69) is 5.32 Å². The first-order valence-corrected chi connectivity index (χ1v) is 8.13. The lowest BCUT2D eigenvalue weighted by Gasteiger charge is -2.17. The normalized spacial score (nSPS) is 11.7. The third kappa shape index (κ3) is 4.42. The van der Waals surface area contributed by atoms with Crippen LogP contribution in [0.5, 0.6) is 11.5 Å². The number of carbonyl (C=O) groups excluding carboxylic acids is 1. The molecule has 0 aromatic heterocycles. The third-order valence-electron chi connectivity index (χ3n) is 3.74. The van der Waals surface area contributed by atoms with Gasteiger partial charge in [-0.2, -0.15) is 0 Å². The Balaban J connectivity index is 1.97. The molecule has 0 radical (unpaired) electrons. The Labute approximate surface area is 147 Å². The fraction of sp³-hybridized carbons (Fsp3) is 0.316. The van der Waals surface area contributed by atoms with Crippen LogP contribution in [0.4, 0.5) is 0 Å². The van der Waals surface area contributed by atoms with Crippen molar-refractivity contribution in [2.24, 2.45) is 0 Å². The number of benzene rings is 2. The van der Waals surface area contributed by atoms with Crippen LogP contribution in [0.2, 0.25) is 5.02 Å². The van der Waals surface area contributed by atoms with E-state index >= 15 is 0 Å². The molecule has 2 aromatic rings. The van der Waals surface area contributed by atoms with Crippen LogP contribution in [0.1, 0.15) is 23.6 Å². The van der Waals surface area contributed by atoms with Gasteiger partial charge in [0.2, 0.25) is 0 Å². The first-order valence-electron chi connectivity index (χ1n) is 7.75. The summed E-state index contributed by atoms with van der Waals surface area (Å²) in [6.07, 6.45) is -0.611. The van der Waals surface area contributed by atoms with E-state index in [-0.39, 0.29) is 5.91 Å². The Kier molecular flexibility index (Phi) is 6.10. The molecule has 128 valence electrons. The van der Waals surface area contributed by atoms with Gasteiger partial charge in [-0.3, -0.25) is 4.79 Å². The van der Waals surface area contributed by atoms with E-state index in [9.17, 15) is 4.79 Å². The molecular formula is C19H22ClNO3. The van der Waals surface area contributed by atoms with Crippen molar-refractivity contribution in [3.05, 3.63) is 58.1 Å². The van der Waals surface area contributed by atoms with Gasteiger partial charge in [-0.25, -0.2) is 0 Å². The smallest absolute Gasteiger partial charge is 0.261 e. The number of hydrogen-bond donors (Lipinski definition) is 1. The van der Waals surface area contributed by atoms with Gasteiger partial charge < -0.3 is 14.8 Å². The molecule has 0 heterocycles. The molecule has 0 saturated heterocycles. The van der Waals surface area contributed by atoms with Crippen molar-refractivity contribution in [2.75, 3.05) is 7.11 Å². The fourth-order valence-electron chi connectivity index (χ4n) is 2.41. The zero-order chi connectivity index (χ0) is 17.7. The summed E-state index contributed by atoms with van der Waals surface area (Å²) in [6.45, 7) is 5.93. The number of amides is 1. The summed E-state index contributed by atoms with van der Waals surface area (Å²) in [4.78, 5) is 12.3. The number of halogens is 1. The Morgan fingerprint density at radius 1 is 1.21 bits per heavy atom. The Morgan fingerprint density at radius 2 is 1.83 bits per heavy atom. The summed E-state index contributed by atoms with van der Waals surface area (Å²) in [5.74, 6) is 1.19. The molecule has 0 aliphatic carbocycles. The van der Waals surface area contributed by atoms with Crippen molar-refractivity contribution in [3.8, 4) is 11.5 Å². The van der Waals surface area contributed by atoms with E-state index in [1.807, 2.05) is 50.2 Å². The lowest BCUT2D eigenvalue weighted by atomic mass is 10.1. The highest BCUT2D eigenvalue weighted by atomic mass is 35.5. The second kappa shape index (κ2) is 8.06. The summed E-state index contributed by atoms with van der Waals surface area (Å²) in [5, 5.41) is 3.58. The number of ether oxygens (including phenoxy) is 2. The van der Waals surface area contributed by atoms with Gasteiger partial charge in [0, 0.05) is 17.1 Å². The van der Waals surface area contributed by atoms with Crippen LogP contribution in [0.25, 0.3) is 0 Å². The number of para-hydroxylation sites is 1. The van der Waals surface area contributed by atoms with E-state index in [4.69, 9.17) is 21.1 Å². The van der Waals surface area contributed by atoms with Crippen LogP contribution in [-0.4, -0.2) is 19.1 Å². The molecule has 0 unspecified atom stereocenters. The first kappa shape index (κ1) is 18.1. The van der Waals surface area contributed by atoms with Crippen LogP contribution in [0.15, 0.2) is 36.4 Å². The third-order valence-corrected chi connectivity index (χ3v) is 4.33. The van der Waals surface area contributed by atoms with Gasteiger partial charge in [0.15, 0.2) is 6.10 Å². The largest absolute Gasteiger partial charge is 0.496 e. The number of nitrogens with one attached hydrogen (secondary N) is 1. The van der Waals surface area contributed by atoms with Crippen molar-refractivity contribution in [1.29, 1.82) is 0 Å². The van der Waals surface area contributed by atoms with Crippen molar-refractivity contribution in [3.63, 3.8) is 0 Å². The zero-order valence-corrected chi connectivity index (χ0v) is 15.1. The van der Waals surface area contributed by atoms with Gasteiger partial charge >= 0.3 is 0 Å². The van der Waals surface area contributed by atoms with E-state index in [1.165, 1.54) is 0 Å². The molecular weight excluding hydrogens is 326 g/mol. The monoisotopic (exact) mass is 347 g/mol. The Morgan fingerprint density at radius 3 is 2.46 bits per heavy atom. The van der Waals surface area contributed by atoms with Gasteiger partial charge in [0.1, 0.15) is 11.5 Å². The van der Waals surface area contributed by atoms with Crippen LogP contribution < -0.4 is 14.8 Å². The van der Waals surface area contributed by atoms with Gasteiger partial charge in [-0.1, -0.05) is 29.8 Å². The van der Waals surface area contributed by atoms with Gasteiger partial charge in [-0.05, 0) is 50.1 Å². The minimum atomic E-state index is -0.611. The minimum Gasteiger partial charge on any atom is -0.496 e. The van der Waals surface area contributed by atoms with Gasteiger partial charge in [0.05, 0.1) is 7.11 Å². The minimum absolute atomic E-state index is 0.189. The molecule has 5 heteroatoms. The maximum Gasteiger partial charge on any atom is 0.261 e. The van der Waals surface area contributed by atoms with Crippen molar-refractivity contribution in [1.82, 2.24) is 5.32 Å². The lowest BCUT2D eigenvalue weighted by Crippen LogP contribution is -2.36. The highest BCUT2D eigenvalue weighted by Crippen LogP contribution is 2.26. The molecule has 0 fully saturated rings. The van der Waals surface area contributed by atoms with Crippen molar-refractivity contribution < 1.29 is 14.3 Å². The zero-order valence-electron chi connectivity index (χ0n) is 14.4. The molecule has 4 nitrogen and oxygen atoms in total. The molecule has 2 rings (SSSR count). The lowest BCUT2D eigenvalue weighted by molar-refractivity contribution is -0.127. The molecule has 0 aliphatic heterocycles. The SMILES string of the molecule is COc1ccccc1CNC(=O)[C@H](C)Oc1cc(C)c(Cl)c(C)c1. The highest BCUT2D eigenvalue weighted by Gasteiger charge is 2.16. The van der Waals surface area contributed by atoms with Crippen LogP contribution in [0.3, 0.4) is 0 Å². The molecule has 1 N–H and O–H groups in total. The topological polar surface area (TPSA) is 47.6 Å². The predicted octanol–water partition coefficient (Wildman–Crippen LogP) is 4.05. The van der Waals surface area contributed by atoms with E-state index < -0.39 is 6.10 Å². The maximum absolute atomic E-state index is 12.3. The van der Waals surface area contributed by atoms with E-state index in [0.29, 0.717) is 12.3 Å². The van der Waals surface area contributed by atoms with Gasteiger partial charge in [-0.15, -0.1) is 0 Å². The number of aryl methyl sites for hydroxylation is 2. The summed E-state index contributed by atoms with van der Waals surface area (Å²) in [7, 11) is 1.61. The summed E-state index contributed by atoms with van der Waals surface area (Å²) in [6, 6.07) is 11.2. The van der Waals surface area contributed by atoms with Crippen molar-refractivity contribution >= 4 is 17.5 Å². The molecule has 24 heavy (non-hydrogen) atoms. The quantitative estimate of drug-likeness (QED) is 0.857. The number of hydrogen-bond acceptors (Lipinski definition) is 3. The molecule has 0 bridgehead atoms. The number of rotatable bonds is 6. The van der Waals surface area contributed by atoms with Crippen LogP contribution in [0, 0.1) is 13.8 Å². The summed E-state index contributed by atoms with van der Waals surface area (Å²) < 4.78 is 11.0. The molecule has 0 spiro atoms. The molecule has 0 aliphatic rings. The predicted molar refractivity (Wildman–Crippen MR) is 95.9 cm³/mol. The van der Waals surface area contributed by atoms with E-state index in [1.54, 1.807) is 14.0 Å². The summed E-state index contributed by atoms with van der Waals surface area (Å²) in [5.41, 5.74) is 2.76. The molecule has 2 aromatic carbocycles. The van der Waals surface area contributed by atoms with E-state index in [0.717, 1.165) is 27.5 Å². The average molecular weight is 348 g/mol. The Hall–Kier alpha value is -2.20. The standard InChI is InChI=1S/C19H22ClNO3/c1-12-9-16(10-13(2)18(12)20)24-14(3)19(22)21-11-15-7-5-6-8-17(15)23-4/h5-10,14H,11H2,1-4H3,(H,21,22)/t14-/m0/s1. The second-order valence-electron chi connectivity index (χ2n) is 5.66. The fourth-order valence-corrected chi connectivity index (χ4v) is 2.52. The van der Waals surface area contributed by atoms with Crippen LogP contribution in [-0.2, 0) is 11.3 Å². The molecule has 1 amide bonds. The average Bonchev–Trinajstić information content (AvgIpc) is 2.57. The highest BCUT2D eigenvalue weighted by molar-refractivity contribution is 6.32. The second-order valence-corrected chi connectivity index (χ2v) is 6.04. The maximum atomic E-state index is 12.3. The van der Waals surface area contributed by atoms with Crippen molar-refractivity contribution in [2.45, 2.75) is 33.4 Å². The van der Waals surface area contributed by atoms with Crippen LogP contribution >= 0.6 is 11.6 Å². The molecule has 0 saturated carbocycles. The Bertz CT molecular complexity index is 707. The summed E-state index contributed by atoms with van der Waals surface area (Å²) >= 11 is 6.15.